The predicted molar refractivity (Wildman–Crippen MR) is 145 cm³/mol. The van der Waals surface area contributed by atoms with Gasteiger partial charge in [0.05, 0.1) is 12.2 Å². The fourth-order valence-electron chi connectivity index (χ4n) is 4.36. The molecule has 1 unspecified atom stereocenters. The molecule has 11 heteroatoms. The number of likely N-dealkylation sites (tertiary alicyclic amines) is 1. The van der Waals surface area contributed by atoms with Gasteiger partial charge in [-0.3, -0.25) is 19.3 Å². The molecule has 1 saturated heterocycles. The molecule has 2 aromatic carbocycles. The Kier molecular flexibility index (Phi) is 10.7. The van der Waals surface area contributed by atoms with Crippen LogP contribution in [0.3, 0.4) is 0 Å². The Morgan fingerprint density at radius 3 is 2.33 bits per heavy atom. The number of allylic oxidation sites excluding steroid dienone is 1. The zero-order valence-electron chi connectivity index (χ0n) is 22.7. The SMILES string of the molecule is C/C=C\N(C)C(=O)N(C=O)c1cccc2c(CCC(=O)O)cccc12.CCN1CCC(C)(C(N)=O)C(F)(F)C1. The quantitative estimate of drug-likeness (QED) is 0.477. The normalized spacial score (nSPS) is 18.7. The molecule has 0 aliphatic carbocycles. The predicted octanol–water partition coefficient (Wildman–Crippen LogP) is 4.24. The van der Waals surface area contributed by atoms with Crippen LogP contribution in [0.15, 0.2) is 48.7 Å². The van der Waals surface area contributed by atoms with Crippen molar-refractivity contribution in [3.8, 4) is 0 Å². The molecule has 0 spiro atoms. The highest BCUT2D eigenvalue weighted by Gasteiger charge is 2.57. The Labute approximate surface area is 226 Å². The highest BCUT2D eigenvalue weighted by atomic mass is 19.3. The van der Waals surface area contributed by atoms with Crippen molar-refractivity contribution < 1.29 is 33.1 Å². The number of carboxylic acid groups (broad SMARTS) is 1. The third-order valence-electron chi connectivity index (χ3n) is 6.99. The van der Waals surface area contributed by atoms with Crippen molar-refractivity contribution in [3.05, 3.63) is 54.2 Å². The first-order valence-corrected chi connectivity index (χ1v) is 12.6. The second kappa shape index (κ2) is 13.3. The van der Waals surface area contributed by atoms with Crippen molar-refractivity contribution in [1.82, 2.24) is 9.80 Å². The maximum atomic E-state index is 13.6. The summed E-state index contributed by atoms with van der Waals surface area (Å²) in [5, 5.41) is 10.5. The molecule has 3 rings (SSSR count). The number of carbonyl (C=O) groups excluding carboxylic acids is 3. The minimum Gasteiger partial charge on any atom is -0.481 e. The highest BCUT2D eigenvalue weighted by molar-refractivity contribution is 6.12. The van der Waals surface area contributed by atoms with Crippen LogP contribution in [0.4, 0.5) is 19.3 Å². The van der Waals surface area contributed by atoms with Crippen molar-refractivity contribution in [2.75, 3.05) is 31.6 Å². The second-order valence-corrected chi connectivity index (χ2v) is 9.55. The molecule has 0 saturated carbocycles. The number of anilines is 1. The van der Waals surface area contributed by atoms with E-state index in [1.165, 1.54) is 11.8 Å². The summed E-state index contributed by atoms with van der Waals surface area (Å²) in [5.74, 6) is -4.79. The summed E-state index contributed by atoms with van der Waals surface area (Å²) >= 11 is 0. The summed E-state index contributed by atoms with van der Waals surface area (Å²) in [5.41, 5.74) is 4.67. The largest absolute Gasteiger partial charge is 0.481 e. The van der Waals surface area contributed by atoms with Crippen LogP contribution in [0.5, 0.6) is 0 Å². The van der Waals surface area contributed by atoms with Crippen LogP contribution < -0.4 is 10.6 Å². The number of nitrogens with two attached hydrogens (primary N) is 1. The number of alkyl halides is 2. The van der Waals surface area contributed by atoms with Crippen LogP contribution in [0, 0.1) is 5.41 Å². The number of imide groups is 1. The first-order chi connectivity index (χ1) is 18.3. The van der Waals surface area contributed by atoms with Gasteiger partial charge in [0, 0.05) is 25.1 Å². The van der Waals surface area contributed by atoms with E-state index in [9.17, 15) is 28.0 Å². The molecular formula is C28H36F2N4O5. The van der Waals surface area contributed by atoms with E-state index in [0.717, 1.165) is 21.2 Å². The van der Waals surface area contributed by atoms with Crippen LogP contribution in [-0.4, -0.2) is 71.8 Å². The van der Waals surface area contributed by atoms with Gasteiger partial charge in [-0.15, -0.1) is 0 Å². The molecule has 39 heavy (non-hydrogen) atoms. The van der Waals surface area contributed by atoms with Gasteiger partial charge in [-0.1, -0.05) is 43.3 Å². The summed E-state index contributed by atoms with van der Waals surface area (Å²) in [7, 11) is 1.57. The minimum absolute atomic E-state index is 0.0176. The number of urea groups is 1. The number of fused-ring (bicyclic) bond motifs is 1. The van der Waals surface area contributed by atoms with E-state index in [0.29, 0.717) is 31.6 Å². The number of carboxylic acids is 1. The second-order valence-electron chi connectivity index (χ2n) is 9.55. The van der Waals surface area contributed by atoms with E-state index >= 15 is 0 Å². The Balaban J connectivity index is 0.000000322. The van der Waals surface area contributed by atoms with Gasteiger partial charge < -0.3 is 15.7 Å². The number of piperidine rings is 1. The first kappa shape index (κ1) is 31.4. The van der Waals surface area contributed by atoms with Gasteiger partial charge >= 0.3 is 12.0 Å². The van der Waals surface area contributed by atoms with Gasteiger partial charge in [0.15, 0.2) is 0 Å². The van der Waals surface area contributed by atoms with Crippen molar-refractivity contribution >= 4 is 40.8 Å². The standard InChI is InChI=1S/C19H20N2O4.C9H16F2N2O/c1-3-12-20(2)19(25)21(13-22)17-9-5-7-15-14(10-11-18(23)24)6-4-8-16(15)17;1-3-13-5-4-8(2,7(12)14)9(10,11)6-13/h3-9,12-13H,10-11H2,1-2H3,(H,23,24);3-6H2,1-2H3,(H2,12,14)/b12-3-;. The number of aliphatic carboxylic acids is 1. The summed E-state index contributed by atoms with van der Waals surface area (Å²) in [6, 6.07) is 10.3. The van der Waals surface area contributed by atoms with Crippen LogP contribution in [0.2, 0.25) is 0 Å². The molecule has 3 N–H and O–H groups in total. The smallest absolute Gasteiger partial charge is 0.334 e. The molecule has 9 nitrogen and oxygen atoms in total. The van der Waals surface area contributed by atoms with Crippen molar-refractivity contribution in [3.63, 3.8) is 0 Å². The lowest BCUT2D eigenvalue weighted by Crippen LogP contribution is -2.59. The third-order valence-corrected chi connectivity index (χ3v) is 6.99. The molecule has 4 amide bonds. The Hall–Kier alpha value is -3.86. The van der Waals surface area contributed by atoms with E-state index < -0.39 is 29.2 Å². The molecular weight excluding hydrogens is 510 g/mol. The van der Waals surface area contributed by atoms with Crippen LogP contribution in [0.25, 0.3) is 10.8 Å². The summed E-state index contributed by atoms with van der Waals surface area (Å²) < 4.78 is 27.2. The number of hydrogen-bond acceptors (Lipinski definition) is 5. The van der Waals surface area contributed by atoms with Crippen LogP contribution in [-0.2, 0) is 20.8 Å². The van der Waals surface area contributed by atoms with Gasteiger partial charge in [-0.05, 0) is 56.8 Å². The van der Waals surface area contributed by atoms with Crippen molar-refractivity contribution in [2.45, 2.75) is 46.0 Å². The number of aryl methyl sites for hydroxylation is 1. The third kappa shape index (κ3) is 7.17. The monoisotopic (exact) mass is 546 g/mol. The van der Waals surface area contributed by atoms with E-state index in [2.05, 4.69) is 0 Å². The molecule has 212 valence electrons. The van der Waals surface area contributed by atoms with Crippen molar-refractivity contribution in [2.24, 2.45) is 11.1 Å². The summed E-state index contributed by atoms with van der Waals surface area (Å²) in [6.07, 6.45) is 4.29. The lowest BCUT2D eigenvalue weighted by Gasteiger charge is -2.43. The zero-order chi connectivity index (χ0) is 29.4. The van der Waals surface area contributed by atoms with Gasteiger partial charge in [-0.25, -0.2) is 18.5 Å². The minimum atomic E-state index is -3.02. The zero-order valence-corrected chi connectivity index (χ0v) is 22.7. The maximum absolute atomic E-state index is 13.6. The number of hydrogen-bond donors (Lipinski definition) is 2. The summed E-state index contributed by atoms with van der Waals surface area (Å²) in [4.78, 5) is 49.9. The molecule has 1 aliphatic heterocycles. The highest BCUT2D eigenvalue weighted by Crippen LogP contribution is 2.43. The lowest BCUT2D eigenvalue weighted by molar-refractivity contribution is -0.175. The van der Waals surface area contributed by atoms with E-state index in [1.54, 1.807) is 49.3 Å². The average Bonchev–Trinajstić information content (AvgIpc) is 2.89. The first-order valence-electron chi connectivity index (χ1n) is 12.6. The Morgan fingerprint density at radius 1 is 1.15 bits per heavy atom. The fraction of sp³-hybridized carbons (Fsp3) is 0.429. The lowest BCUT2D eigenvalue weighted by atomic mass is 9.76. The van der Waals surface area contributed by atoms with E-state index in [1.807, 2.05) is 25.1 Å². The molecule has 1 heterocycles. The van der Waals surface area contributed by atoms with Gasteiger partial charge in [0.25, 0.3) is 5.92 Å². The topological polar surface area (TPSA) is 124 Å². The molecule has 0 bridgehead atoms. The summed E-state index contributed by atoms with van der Waals surface area (Å²) in [6.45, 7) is 5.56. The number of carbonyl (C=O) groups is 4. The number of primary amides is 1. The van der Waals surface area contributed by atoms with Gasteiger partial charge in [0.2, 0.25) is 12.3 Å². The van der Waals surface area contributed by atoms with Gasteiger partial charge in [-0.2, -0.15) is 0 Å². The van der Waals surface area contributed by atoms with E-state index in [4.69, 9.17) is 10.8 Å². The average molecular weight is 547 g/mol. The Morgan fingerprint density at radius 2 is 1.79 bits per heavy atom. The van der Waals surface area contributed by atoms with Crippen molar-refractivity contribution in [1.29, 1.82) is 0 Å². The number of amides is 4. The molecule has 0 aromatic heterocycles. The fourth-order valence-corrected chi connectivity index (χ4v) is 4.36. The van der Waals surface area contributed by atoms with Crippen LogP contribution >= 0.6 is 0 Å². The number of benzene rings is 2. The van der Waals surface area contributed by atoms with Crippen LogP contribution in [0.1, 0.15) is 39.2 Å². The molecule has 2 aromatic rings. The maximum Gasteiger partial charge on any atom is 0.334 e. The number of halogens is 2. The molecule has 1 fully saturated rings. The molecule has 0 radical (unpaired) electrons. The van der Waals surface area contributed by atoms with Gasteiger partial charge in [0.1, 0.15) is 5.41 Å². The number of rotatable bonds is 8. The number of nitrogens with zero attached hydrogens (tertiary/aromatic N) is 3. The Bertz CT molecular complexity index is 1240. The van der Waals surface area contributed by atoms with E-state index in [-0.39, 0.29) is 19.4 Å². The molecule has 1 aliphatic rings. The molecule has 1 atom stereocenters.